The third-order valence-corrected chi connectivity index (χ3v) is 6.16. The summed E-state index contributed by atoms with van der Waals surface area (Å²) in [7, 11) is 0. The molecule has 1 fully saturated rings. The molecule has 1 saturated carbocycles. The Kier molecular flexibility index (Phi) is 5.77. The van der Waals surface area contributed by atoms with E-state index in [9.17, 15) is 14.4 Å². The van der Waals surface area contributed by atoms with Gasteiger partial charge in [-0.05, 0) is 44.0 Å². The van der Waals surface area contributed by atoms with Gasteiger partial charge in [-0.3, -0.25) is 14.4 Å². The molecular formula is C25H26N2O7. The van der Waals surface area contributed by atoms with E-state index in [2.05, 4.69) is 5.32 Å². The van der Waals surface area contributed by atoms with Crippen molar-refractivity contribution in [2.45, 2.75) is 50.9 Å². The number of carbonyl (C=O) groups excluding carboxylic acids is 3. The SMILES string of the molecule is CC1Oc2ccccc2N(CCC(=O)OCC(=O)Nc2ccc3c(c2)OC2(CCCC2)O3)C1=O. The van der Waals surface area contributed by atoms with Gasteiger partial charge in [0.15, 0.2) is 24.2 Å². The second-order valence-electron chi connectivity index (χ2n) is 8.66. The molecule has 9 heteroatoms. The van der Waals surface area contributed by atoms with E-state index in [1.807, 2.05) is 6.07 Å². The van der Waals surface area contributed by atoms with Crippen LogP contribution in [0.3, 0.4) is 0 Å². The molecule has 1 atom stereocenters. The number of rotatable bonds is 6. The van der Waals surface area contributed by atoms with Crippen LogP contribution in [0.25, 0.3) is 0 Å². The van der Waals surface area contributed by atoms with Crippen LogP contribution in [-0.2, 0) is 19.1 Å². The molecule has 3 aliphatic rings. The molecule has 34 heavy (non-hydrogen) atoms. The number of ether oxygens (including phenoxy) is 4. The summed E-state index contributed by atoms with van der Waals surface area (Å²) in [6.07, 6.45) is 3.14. The number of anilines is 2. The van der Waals surface area contributed by atoms with Gasteiger partial charge in [-0.25, -0.2) is 0 Å². The predicted molar refractivity (Wildman–Crippen MR) is 122 cm³/mol. The smallest absolute Gasteiger partial charge is 0.308 e. The monoisotopic (exact) mass is 466 g/mol. The van der Waals surface area contributed by atoms with Crippen molar-refractivity contribution in [1.29, 1.82) is 0 Å². The van der Waals surface area contributed by atoms with E-state index in [0.29, 0.717) is 28.6 Å². The van der Waals surface area contributed by atoms with Crippen LogP contribution in [-0.4, -0.2) is 42.8 Å². The maximum atomic E-state index is 12.5. The van der Waals surface area contributed by atoms with Crippen LogP contribution in [0.2, 0.25) is 0 Å². The molecule has 2 aromatic carbocycles. The number of carbonyl (C=O) groups is 3. The van der Waals surface area contributed by atoms with E-state index in [4.69, 9.17) is 18.9 Å². The Morgan fingerprint density at radius 3 is 2.68 bits per heavy atom. The highest BCUT2D eigenvalue weighted by atomic mass is 16.7. The van der Waals surface area contributed by atoms with Gasteiger partial charge in [0.2, 0.25) is 0 Å². The molecule has 0 radical (unpaired) electrons. The fraction of sp³-hybridized carbons (Fsp3) is 0.400. The van der Waals surface area contributed by atoms with Gasteiger partial charge < -0.3 is 29.2 Å². The van der Waals surface area contributed by atoms with Gasteiger partial charge in [-0.2, -0.15) is 0 Å². The van der Waals surface area contributed by atoms with Crippen molar-refractivity contribution in [2.75, 3.05) is 23.4 Å². The fourth-order valence-corrected chi connectivity index (χ4v) is 4.50. The molecule has 178 valence electrons. The summed E-state index contributed by atoms with van der Waals surface area (Å²) >= 11 is 0. The van der Waals surface area contributed by atoms with Gasteiger partial charge in [0.05, 0.1) is 12.1 Å². The molecule has 2 aromatic rings. The Hall–Kier alpha value is -3.75. The van der Waals surface area contributed by atoms with Crippen LogP contribution in [0.4, 0.5) is 11.4 Å². The Morgan fingerprint density at radius 2 is 1.85 bits per heavy atom. The van der Waals surface area contributed by atoms with Gasteiger partial charge in [-0.1, -0.05) is 12.1 Å². The molecule has 0 bridgehead atoms. The molecular weight excluding hydrogens is 440 g/mol. The summed E-state index contributed by atoms with van der Waals surface area (Å²) in [5.74, 6) is 0.0102. The maximum absolute atomic E-state index is 12.5. The molecule has 0 aromatic heterocycles. The van der Waals surface area contributed by atoms with E-state index in [1.54, 1.807) is 43.3 Å². The van der Waals surface area contributed by atoms with Crippen molar-refractivity contribution >= 4 is 29.2 Å². The van der Waals surface area contributed by atoms with Crippen molar-refractivity contribution in [3.05, 3.63) is 42.5 Å². The lowest BCUT2D eigenvalue weighted by Gasteiger charge is -2.32. The second kappa shape index (κ2) is 8.89. The first-order valence-corrected chi connectivity index (χ1v) is 11.5. The zero-order valence-electron chi connectivity index (χ0n) is 18.9. The number of benzene rings is 2. The molecule has 2 amide bonds. The van der Waals surface area contributed by atoms with Crippen LogP contribution < -0.4 is 24.4 Å². The topological polar surface area (TPSA) is 103 Å². The third-order valence-electron chi connectivity index (χ3n) is 6.16. The number of nitrogens with one attached hydrogen (secondary N) is 1. The number of fused-ring (bicyclic) bond motifs is 2. The van der Waals surface area contributed by atoms with Crippen molar-refractivity contribution < 1.29 is 33.3 Å². The van der Waals surface area contributed by atoms with Gasteiger partial charge in [-0.15, -0.1) is 0 Å². The Morgan fingerprint density at radius 1 is 1.09 bits per heavy atom. The van der Waals surface area contributed by atoms with Crippen molar-refractivity contribution in [1.82, 2.24) is 0 Å². The second-order valence-corrected chi connectivity index (χ2v) is 8.66. The summed E-state index contributed by atoms with van der Waals surface area (Å²) in [5.41, 5.74) is 1.14. The number of nitrogens with zero attached hydrogens (tertiary/aromatic N) is 1. The van der Waals surface area contributed by atoms with Crippen LogP contribution in [0, 0.1) is 0 Å². The molecule has 1 unspecified atom stereocenters. The largest absolute Gasteiger partial charge is 0.479 e. The Balaban J connectivity index is 1.11. The average Bonchev–Trinajstić information content (AvgIpc) is 3.43. The Bertz CT molecular complexity index is 1130. The number of para-hydroxylation sites is 2. The van der Waals surface area contributed by atoms with E-state index in [1.165, 1.54) is 4.90 Å². The predicted octanol–water partition coefficient (Wildman–Crippen LogP) is 3.41. The highest BCUT2D eigenvalue weighted by Crippen LogP contribution is 2.47. The first-order chi connectivity index (χ1) is 16.4. The van der Waals surface area contributed by atoms with Crippen LogP contribution in [0.5, 0.6) is 17.2 Å². The van der Waals surface area contributed by atoms with E-state index < -0.39 is 30.4 Å². The molecule has 2 aliphatic heterocycles. The number of esters is 1. The number of hydrogen-bond acceptors (Lipinski definition) is 7. The number of amides is 2. The quantitative estimate of drug-likeness (QED) is 0.651. The molecule has 0 saturated heterocycles. The Labute approximate surface area is 196 Å². The van der Waals surface area contributed by atoms with E-state index in [-0.39, 0.29) is 18.9 Å². The highest BCUT2D eigenvalue weighted by Gasteiger charge is 2.44. The van der Waals surface area contributed by atoms with E-state index >= 15 is 0 Å². The standard InChI is InChI=1S/C25H26N2O7/c1-16-24(30)27(18-6-2-3-7-19(18)32-16)13-10-23(29)31-15-22(28)26-17-8-9-20-21(14-17)34-25(33-20)11-4-5-12-25/h2-3,6-9,14,16H,4-5,10-13,15H2,1H3,(H,26,28). The van der Waals surface area contributed by atoms with Crippen LogP contribution >= 0.6 is 0 Å². The molecule has 1 aliphatic carbocycles. The lowest BCUT2D eigenvalue weighted by molar-refractivity contribution is -0.147. The summed E-state index contributed by atoms with van der Waals surface area (Å²) in [4.78, 5) is 38.5. The summed E-state index contributed by atoms with van der Waals surface area (Å²) < 4.78 is 22.7. The highest BCUT2D eigenvalue weighted by molar-refractivity contribution is 6.00. The third kappa shape index (κ3) is 4.37. The minimum absolute atomic E-state index is 0.0494. The lowest BCUT2D eigenvalue weighted by Crippen LogP contribution is -2.45. The first-order valence-electron chi connectivity index (χ1n) is 11.5. The van der Waals surface area contributed by atoms with Crippen molar-refractivity contribution in [3.63, 3.8) is 0 Å². The van der Waals surface area contributed by atoms with Crippen LogP contribution in [0.15, 0.2) is 42.5 Å². The summed E-state index contributed by atoms with van der Waals surface area (Å²) in [6, 6.07) is 12.4. The van der Waals surface area contributed by atoms with Crippen molar-refractivity contribution in [2.24, 2.45) is 0 Å². The molecule has 1 spiro atoms. The molecule has 9 nitrogen and oxygen atoms in total. The average molecular weight is 466 g/mol. The van der Waals surface area contributed by atoms with Crippen LogP contribution in [0.1, 0.15) is 39.0 Å². The van der Waals surface area contributed by atoms with Gasteiger partial charge in [0.25, 0.3) is 17.6 Å². The normalized spacial score (nSPS) is 19.5. The maximum Gasteiger partial charge on any atom is 0.308 e. The van der Waals surface area contributed by atoms with Crippen molar-refractivity contribution in [3.8, 4) is 17.2 Å². The molecule has 5 rings (SSSR count). The van der Waals surface area contributed by atoms with Gasteiger partial charge >= 0.3 is 5.97 Å². The molecule has 2 heterocycles. The van der Waals surface area contributed by atoms with Gasteiger partial charge in [0, 0.05) is 31.1 Å². The zero-order valence-corrected chi connectivity index (χ0v) is 18.9. The number of hydrogen-bond donors (Lipinski definition) is 1. The minimum atomic E-state index is -0.637. The first kappa shape index (κ1) is 22.1. The minimum Gasteiger partial charge on any atom is -0.479 e. The van der Waals surface area contributed by atoms with Gasteiger partial charge in [0.1, 0.15) is 5.75 Å². The lowest BCUT2D eigenvalue weighted by atomic mass is 10.2. The summed E-state index contributed by atoms with van der Waals surface area (Å²) in [5, 5.41) is 2.70. The molecule has 1 N–H and O–H groups in total. The fourth-order valence-electron chi connectivity index (χ4n) is 4.50. The zero-order chi connectivity index (χ0) is 23.7. The summed E-state index contributed by atoms with van der Waals surface area (Å²) in [6.45, 7) is 1.37. The van der Waals surface area contributed by atoms with E-state index in [0.717, 1.165) is 25.7 Å².